The van der Waals surface area contributed by atoms with Crippen LogP contribution in [-0.2, 0) is 4.74 Å². The molecule has 16 heavy (non-hydrogen) atoms. The van der Waals surface area contributed by atoms with Gasteiger partial charge in [0.1, 0.15) is 0 Å². The van der Waals surface area contributed by atoms with Crippen LogP contribution in [0, 0.1) is 5.92 Å². The number of hydrogen-bond donors (Lipinski definition) is 1. The quantitative estimate of drug-likeness (QED) is 0.778. The molecule has 2 aliphatic rings. The van der Waals surface area contributed by atoms with Crippen molar-refractivity contribution in [3.63, 3.8) is 0 Å². The molecule has 2 saturated heterocycles. The lowest BCUT2D eigenvalue weighted by Gasteiger charge is -2.32. The van der Waals surface area contributed by atoms with Crippen LogP contribution in [0.5, 0.6) is 0 Å². The summed E-state index contributed by atoms with van der Waals surface area (Å²) in [5, 5.41) is 10.7. The lowest BCUT2D eigenvalue weighted by Crippen LogP contribution is -2.40. The Labute approximate surface area is 98.8 Å². The van der Waals surface area contributed by atoms with Gasteiger partial charge in [-0.1, -0.05) is 0 Å². The lowest BCUT2D eigenvalue weighted by atomic mass is 9.81. The maximum Gasteiger partial charge on any atom is 0.0711 e. The fourth-order valence-corrected chi connectivity index (χ4v) is 3.05. The van der Waals surface area contributed by atoms with Gasteiger partial charge in [0.05, 0.1) is 12.2 Å². The molecule has 2 fully saturated rings. The molecule has 0 amide bonds. The first kappa shape index (κ1) is 12.3. The molecule has 0 bridgehead atoms. The first-order valence-corrected chi connectivity index (χ1v) is 6.66. The van der Waals surface area contributed by atoms with Crippen LogP contribution in [-0.4, -0.2) is 48.0 Å². The molecule has 3 heteroatoms. The van der Waals surface area contributed by atoms with Crippen molar-refractivity contribution in [3.05, 3.63) is 0 Å². The molecule has 0 aromatic heterocycles. The molecule has 0 aromatic carbocycles. The predicted molar refractivity (Wildman–Crippen MR) is 64.4 cm³/mol. The predicted octanol–water partition coefficient (Wildman–Crippen LogP) is 1.65. The second-order valence-corrected chi connectivity index (χ2v) is 5.65. The monoisotopic (exact) mass is 227 g/mol. The van der Waals surface area contributed by atoms with E-state index in [0.29, 0.717) is 12.0 Å². The van der Waals surface area contributed by atoms with Crippen LogP contribution in [0.3, 0.4) is 0 Å². The molecule has 0 aliphatic carbocycles. The number of nitrogens with zero attached hydrogens (tertiary/aromatic N) is 1. The molecule has 0 radical (unpaired) electrons. The highest BCUT2D eigenvalue weighted by Gasteiger charge is 2.40. The number of likely N-dealkylation sites (tertiary alicyclic amines) is 1. The number of hydrogen-bond acceptors (Lipinski definition) is 3. The first-order chi connectivity index (χ1) is 7.62. The standard InChI is InChI=1S/C13H25NO2/c1-11(2)14-7-3-5-13(15,6-8-14)12-4-9-16-10-12/h11-12,15H,3-10H2,1-2H3. The van der Waals surface area contributed by atoms with Crippen molar-refractivity contribution in [2.75, 3.05) is 26.3 Å². The average molecular weight is 227 g/mol. The summed E-state index contributed by atoms with van der Waals surface area (Å²) >= 11 is 0. The van der Waals surface area contributed by atoms with Crippen molar-refractivity contribution < 1.29 is 9.84 Å². The van der Waals surface area contributed by atoms with Crippen molar-refractivity contribution in [3.8, 4) is 0 Å². The maximum atomic E-state index is 10.7. The molecular formula is C13H25NO2. The van der Waals surface area contributed by atoms with E-state index in [2.05, 4.69) is 18.7 Å². The van der Waals surface area contributed by atoms with Gasteiger partial charge in [0, 0.05) is 25.1 Å². The molecule has 0 spiro atoms. The van der Waals surface area contributed by atoms with Crippen LogP contribution < -0.4 is 0 Å². The largest absolute Gasteiger partial charge is 0.389 e. The van der Waals surface area contributed by atoms with Crippen LogP contribution in [0.1, 0.15) is 39.5 Å². The molecule has 2 unspecified atom stereocenters. The fourth-order valence-electron chi connectivity index (χ4n) is 3.05. The van der Waals surface area contributed by atoms with Gasteiger partial charge in [-0.05, 0) is 46.1 Å². The zero-order chi connectivity index (χ0) is 11.6. The van der Waals surface area contributed by atoms with Crippen molar-refractivity contribution in [2.24, 2.45) is 5.92 Å². The Balaban J connectivity index is 1.96. The second kappa shape index (κ2) is 5.03. The Morgan fingerprint density at radius 3 is 2.75 bits per heavy atom. The molecule has 94 valence electrons. The van der Waals surface area contributed by atoms with Gasteiger partial charge < -0.3 is 14.7 Å². The minimum Gasteiger partial charge on any atom is -0.389 e. The van der Waals surface area contributed by atoms with E-state index in [1.54, 1.807) is 0 Å². The summed E-state index contributed by atoms with van der Waals surface area (Å²) in [4.78, 5) is 2.48. The zero-order valence-electron chi connectivity index (χ0n) is 10.6. The molecule has 2 rings (SSSR count). The Kier molecular flexibility index (Phi) is 3.88. The van der Waals surface area contributed by atoms with Gasteiger partial charge in [-0.15, -0.1) is 0 Å². The molecule has 2 aliphatic heterocycles. The topological polar surface area (TPSA) is 32.7 Å². The summed E-state index contributed by atoms with van der Waals surface area (Å²) in [5.41, 5.74) is -0.458. The van der Waals surface area contributed by atoms with E-state index in [1.165, 1.54) is 0 Å². The van der Waals surface area contributed by atoms with E-state index in [9.17, 15) is 5.11 Å². The van der Waals surface area contributed by atoms with Crippen LogP contribution in [0.2, 0.25) is 0 Å². The van der Waals surface area contributed by atoms with Crippen molar-refractivity contribution >= 4 is 0 Å². The number of rotatable bonds is 2. The van der Waals surface area contributed by atoms with Gasteiger partial charge in [-0.2, -0.15) is 0 Å². The van der Waals surface area contributed by atoms with Gasteiger partial charge in [0.2, 0.25) is 0 Å². The van der Waals surface area contributed by atoms with Gasteiger partial charge in [0.15, 0.2) is 0 Å². The van der Waals surface area contributed by atoms with Gasteiger partial charge >= 0.3 is 0 Å². The van der Waals surface area contributed by atoms with E-state index in [4.69, 9.17) is 4.74 Å². The van der Waals surface area contributed by atoms with Crippen LogP contribution in [0.4, 0.5) is 0 Å². The third kappa shape index (κ3) is 2.58. The van der Waals surface area contributed by atoms with Crippen molar-refractivity contribution in [1.82, 2.24) is 4.90 Å². The highest BCUT2D eigenvalue weighted by Crippen LogP contribution is 2.35. The van der Waals surface area contributed by atoms with Crippen LogP contribution in [0.25, 0.3) is 0 Å². The highest BCUT2D eigenvalue weighted by molar-refractivity contribution is 4.91. The molecular weight excluding hydrogens is 202 g/mol. The van der Waals surface area contributed by atoms with E-state index in [1.807, 2.05) is 0 Å². The molecule has 2 atom stereocenters. The van der Waals surface area contributed by atoms with Crippen molar-refractivity contribution in [2.45, 2.75) is 51.2 Å². The van der Waals surface area contributed by atoms with E-state index < -0.39 is 5.60 Å². The first-order valence-electron chi connectivity index (χ1n) is 6.66. The molecule has 0 saturated carbocycles. The minimum atomic E-state index is -0.458. The summed E-state index contributed by atoms with van der Waals surface area (Å²) in [7, 11) is 0. The van der Waals surface area contributed by atoms with Gasteiger partial charge in [0.25, 0.3) is 0 Å². The van der Waals surface area contributed by atoms with E-state index >= 15 is 0 Å². The Morgan fingerprint density at radius 1 is 1.31 bits per heavy atom. The minimum absolute atomic E-state index is 0.375. The van der Waals surface area contributed by atoms with Crippen LogP contribution >= 0.6 is 0 Å². The second-order valence-electron chi connectivity index (χ2n) is 5.65. The number of ether oxygens (including phenoxy) is 1. The smallest absolute Gasteiger partial charge is 0.0711 e. The van der Waals surface area contributed by atoms with E-state index in [0.717, 1.165) is 52.0 Å². The summed E-state index contributed by atoms with van der Waals surface area (Å²) in [6, 6.07) is 0.599. The molecule has 2 heterocycles. The highest BCUT2D eigenvalue weighted by atomic mass is 16.5. The summed E-state index contributed by atoms with van der Waals surface area (Å²) < 4.78 is 5.42. The average Bonchev–Trinajstić information content (AvgIpc) is 2.70. The third-order valence-corrected chi connectivity index (χ3v) is 4.31. The van der Waals surface area contributed by atoms with E-state index in [-0.39, 0.29) is 0 Å². The Bertz CT molecular complexity index is 226. The molecule has 0 aromatic rings. The lowest BCUT2D eigenvalue weighted by molar-refractivity contribution is -0.0340. The fraction of sp³-hybridized carbons (Fsp3) is 1.00. The van der Waals surface area contributed by atoms with Crippen molar-refractivity contribution in [1.29, 1.82) is 0 Å². The van der Waals surface area contributed by atoms with Crippen LogP contribution in [0.15, 0.2) is 0 Å². The summed E-state index contributed by atoms with van der Waals surface area (Å²) in [5.74, 6) is 0.375. The normalized spacial score (nSPS) is 37.9. The SMILES string of the molecule is CC(C)N1CCCC(O)(C2CCOC2)CC1. The Morgan fingerprint density at radius 2 is 2.12 bits per heavy atom. The van der Waals surface area contributed by atoms with Gasteiger partial charge in [-0.3, -0.25) is 0 Å². The third-order valence-electron chi connectivity index (χ3n) is 4.31. The number of aliphatic hydroxyl groups is 1. The maximum absolute atomic E-state index is 10.7. The summed E-state index contributed by atoms with van der Waals surface area (Å²) in [6.07, 6.45) is 4.02. The molecule has 1 N–H and O–H groups in total. The Hall–Kier alpha value is -0.120. The summed E-state index contributed by atoms with van der Waals surface area (Å²) in [6.45, 7) is 8.24. The van der Waals surface area contributed by atoms with Gasteiger partial charge in [-0.25, -0.2) is 0 Å². The zero-order valence-corrected chi connectivity index (χ0v) is 10.6. The molecule has 3 nitrogen and oxygen atoms in total.